The van der Waals surface area contributed by atoms with Gasteiger partial charge >= 0.3 is 0 Å². The molecule has 1 N–H and O–H groups in total. The first-order chi connectivity index (χ1) is 9.77. The van der Waals surface area contributed by atoms with Gasteiger partial charge in [-0.2, -0.15) is 0 Å². The Morgan fingerprint density at radius 1 is 1.25 bits per heavy atom. The molecule has 2 heterocycles. The minimum Gasteiger partial charge on any atom is -0.370 e. The summed E-state index contributed by atoms with van der Waals surface area (Å²) >= 11 is 0. The average molecular weight is 276 g/mol. The zero-order valence-electron chi connectivity index (χ0n) is 13.2. The molecule has 1 atom stereocenters. The molecule has 4 heteroatoms. The highest BCUT2D eigenvalue weighted by Crippen LogP contribution is 2.29. The van der Waals surface area contributed by atoms with Crippen molar-refractivity contribution in [2.45, 2.75) is 65.3 Å². The normalized spacial score (nSPS) is 19.1. The second-order valence-electron chi connectivity index (χ2n) is 5.74. The van der Waals surface area contributed by atoms with E-state index < -0.39 is 0 Å². The zero-order valence-corrected chi connectivity index (χ0v) is 13.2. The van der Waals surface area contributed by atoms with Crippen molar-refractivity contribution in [2.24, 2.45) is 0 Å². The van der Waals surface area contributed by atoms with Gasteiger partial charge in [-0.15, -0.1) is 0 Å². The first-order valence-corrected chi connectivity index (χ1v) is 8.12. The molecular formula is C16H28N4. The fourth-order valence-corrected chi connectivity index (χ4v) is 2.94. The maximum absolute atomic E-state index is 4.61. The molecule has 1 aliphatic rings. The van der Waals surface area contributed by atoms with Crippen LogP contribution in [-0.2, 0) is 6.42 Å². The third kappa shape index (κ3) is 3.41. The molecule has 0 amide bonds. The Labute approximate surface area is 123 Å². The lowest BCUT2D eigenvalue weighted by Crippen LogP contribution is -2.38. The quantitative estimate of drug-likeness (QED) is 0.861. The van der Waals surface area contributed by atoms with Crippen LogP contribution in [0.15, 0.2) is 6.33 Å². The van der Waals surface area contributed by atoms with Crippen LogP contribution in [0.25, 0.3) is 0 Å². The van der Waals surface area contributed by atoms with Crippen molar-refractivity contribution >= 4 is 11.6 Å². The van der Waals surface area contributed by atoms with E-state index in [1.807, 2.05) is 0 Å². The maximum atomic E-state index is 4.61. The lowest BCUT2D eigenvalue weighted by Gasteiger charge is -2.35. The molecule has 20 heavy (non-hydrogen) atoms. The van der Waals surface area contributed by atoms with E-state index in [4.69, 9.17) is 0 Å². The second-order valence-corrected chi connectivity index (χ2v) is 5.74. The van der Waals surface area contributed by atoms with Gasteiger partial charge < -0.3 is 10.2 Å². The van der Waals surface area contributed by atoms with E-state index >= 15 is 0 Å². The first kappa shape index (κ1) is 15.1. The smallest absolute Gasteiger partial charge is 0.137 e. The molecule has 2 rings (SSSR count). The number of aromatic nitrogens is 2. The fraction of sp³-hybridized carbons (Fsp3) is 0.750. The summed E-state index contributed by atoms with van der Waals surface area (Å²) in [7, 11) is 0. The Hall–Kier alpha value is -1.32. The number of anilines is 2. The van der Waals surface area contributed by atoms with E-state index in [1.54, 1.807) is 6.33 Å². The predicted octanol–water partition coefficient (Wildman–Crippen LogP) is 3.63. The Morgan fingerprint density at radius 2 is 2.10 bits per heavy atom. The highest BCUT2D eigenvalue weighted by atomic mass is 15.2. The Kier molecular flexibility index (Phi) is 5.62. The van der Waals surface area contributed by atoms with E-state index in [0.717, 1.165) is 44.0 Å². The highest BCUT2D eigenvalue weighted by molar-refractivity contribution is 5.59. The monoisotopic (exact) mass is 276 g/mol. The Bertz CT molecular complexity index is 419. The molecule has 0 spiro atoms. The van der Waals surface area contributed by atoms with Crippen LogP contribution >= 0.6 is 0 Å². The number of nitrogens with zero attached hydrogens (tertiary/aromatic N) is 3. The summed E-state index contributed by atoms with van der Waals surface area (Å²) in [4.78, 5) is 11.6. The molecule has 0 bridgehead atoms. The molecule has 0 radical (unpaired) electrons. The standard InChI is InChI=1S/C16H28N4/c1-4-8-14-15(17-10-5-2)18-12-19-16(14)20-11-7-6-9-13(20)3/h12-13H,4-11H2,1-3H3,(H,17,18,19). The van der Waals surface area contributed by atoms with Gasteiger partial charge in [0.2, 0.25) is 0 Å². The van der Waals surface area contributed by atoms with Crippen LogP contribution in [0.1, 0.15) is 58.4 Å². The molecule has 4 nitrogen and oxygen atoms in total. The molecule has 1 saturated heterocycles. The zero-order chi connectivity index (χ0) is 14.4. The van der Waals surface area contributed by atoms with Crippen LogP contribution in [0.5, 0.6) is 0 Å². The molecule has 1 unspecified atom stereocenters. The van der Waals surface area contributed by atoms with Gasteiger partial charge in [-0.05, 0) is 39.0 Å². The largest absolute Gasteiger partial charge is 0.370 e. The third-order valence-electron chi connectivity index (χ3n) is 4.04. The first-order valence-electron chi connectivity index (χ1n) is 8.12. The van der Waals surface area contributed by atoms with Gasteiger partial charge in [0, 0.05) is 24.7 Å². The van der Waals surface area contributed by atoms with Crippen molar-refractivity contribution in [3.63, 3.8) is 0 Å². The van der Waals surface area contributed by atoms with Crippen molar-refractivity contribution < 1.29 is 0 Å². The SMILES string of the molecule is CCCNc1ncnc(N2CCCCC2C)c1CCC. The number of rotatable bonds is 6. The van der Waals surface area contributed by atoms with Crippen LogP contribution in [0.3, 0.4) is 0 Å². The number of hydrogen-bond acceptors (Lipinski definition) is 4. The molecule has 1 aliphatic heterocycles. The van der Waals surface area contributed by atoms with Crippen molar-refractivity contribution in [2.75, 3.05) is 23.3 Å². The number of piperidine rings is 1. The second kappa shape index (κ2) is 7.46. The molecule has 0 aliphatic carbocycles. The Morgan fingerprint density at radius 3 is 2.80 bits per heavy atom. The average Bonchev–Trinajstić information content (AvgIpc) is 2.47. The summed E-state index contributed by atoms with van der Waals surface area (Å²) in [5.74, 6) is 2.20. The molecular weight excluding hydrogens is 248 g/mol. The summed E-state index contributed by atoms with van der Waals surface area (Å²) in [6.07, 6.45) is 8.89. The van der Waals surface area contributed by atoms with Gasteiger partial charge in [-0.1, -0.05) is 20.3 Å². The van der Waals surface area contributed by atoms with E-state index in [0.29, 0.717) is 6.04 Å². The lowest BCUT2D eigenvalue weighted by molar-refractivity contribution is 0.479. The van der Waals surface area contributed by atoms with Crippen LogP contribution in [0.2, 0.25) is 0 Å². The lowest BCUT2D eigenvalue weighted by atomic mass is 10.0. The fourth-order valence-electron chi connectivity index (χ4n) is 2.94. The van der Waals surface area contributed by atoms with Gasteiger partial charge in [-0.25, -0.2) is 9.97 Å². The third-order valence-corrected chi connectivity index (χ3v) is 4.04. The van der Waals surface area contributed by atoms with Gasteiger partial charge in [0.1, 0.15) is 18.0 Å². The number of hydrogen-bond donors (Lipinski definition) is 1. The van der Waals surface area contributed by atoms with Gasteiger partial charge in [0.15, 0.2) is 0 Å². The summed E-state index contributed by atoms with van der Waals surface area (Å²) in [5.41, 5.74) is 1.30. The van der Waals surface area contributed by atoms with Gasteiger partial charge in [0.05, 0.1) is 0 Å². The van der Waals surface area contributed by atoms with Crippen molar-refractivity contribution in [1.82, 2.24) is 9.97 Å². The molecule has 112 valence electrons. The molecule has 1 fully saturated rings. The summed E-state index contributed by atoms with van der Waals surface area (Å²) in [6, 6.07) is 0.591. The number of nitrogens with one attached hydrogen (secondary N) is 1. The molecule has 0 saturated carbocycles. The highest BCUT2D eigenvalue weighted by Gasteiger charge is 2.23. The molecule has 1 aromatic rings. The van der Waals surface area contributed by atoms with Crippen molar-refractivity contribution in [3.8, 4) is 0 Å². The summed E-state index contributed by atoms with van der Waals surface area (Å²) in [6.45, 7) is 8.82. The van der Waals surface area contributed by atoms with E-state index in [9.17, 15) is 0 Å². The van der Waals surface area contributed by atoms with Crippen LogP contribution in [0.4, 0.5) is 11.6 Å². The molecule has 0 aromatic carbocycles. The van der Waals surface area contributed by atoms with Gasteiger partial charge in [-0.3, -0.25) is 0 Å². The van der Waals surface area contributed by atoms with Crippen molar-refractivity contribution in [1.29, 1.82) is 0 Å². The van der Waals surface area contributed by atoms with Crippen molar-refractivity contribution in [3.05, 3.63) is 11.9 Å². The van der Waals surface area contributed by atoms with E-state index in [2.05, 4.69) is 41.0 Å². The van der Waals surface area contributed by atoms with Crippen LogP contribution in [-0.4, -0.2) is 29.1 Å². The van der Waals surface area contributed by atoms with E-state index in [-0.39, 0.29) is 0 Å². The summed E-state index contributed by atoms with van der Waals surface area (Å²) in [5, 5.41) is 3.46. The minimum atomic E-state index is 0.591. The summed E-state index contributed by atoms with van der Waals surface area (Å²) < 4.78 is 0. The van der Waals surface area contributed by atoms with Crippen LogP contribution < -0.4 is 10.2 Å². The Balaban J connectivity index is 2.30. The predicted molar refractivity (Wildman–Crippen MR) is 85.5 cm³/mol. The topological polar surface area (TPSA) is 41.1 Å². The maximum Gasteiger partial charge on any atom is 0.137 e. The minimum absolute atomic E-state index is 0.591. The van der Waals surface area contributed by atoms with Gasteiger partial charge in [0.25, 0.3) is 0 Å². The molecule has 1 aromatic heterocycles. The van der Waals surface area contributed by atoms with Crippen LogP contribution in [0, 0.1) is 0 Å². The van der Waals surface area contributed by atoms with E-state index in [1.165, 1.54) is 24.8 Å².